The summed E-state index contributed by atoms with van der Waals surface area (Å²) in [4.78, 5) is 35.4. The number of fused-ring (bicyclic) bond motifs is 2. The van der Waals surface area contributed by atoms with Crippen LogP contribution in [-0.2, 0) is 17.8 Å². The Balaban J connectivity index is 1.59. The lowest BCUT2D eigenvalue weighted by molar-refractivity contribution is -0.116. The molecule has 0 aliphatic carbocycles. The summed E-state index contributed by atoms with van der Waals surface area (Å²) in [5, 5.41) is 0.616. The molecule has 0 saturated heterocycles. The first-order valence-corrected chi connectivity index (χ1v) is 10.7. The maximum absolute atomic E-state index is 12.9. The second-order valence-corrected chi connectivity index (χ2v) is 8.07. The Morgan fingerprint density at radius 3 is 2.96 bits per heavy atom. The van der Waals surface area contributed by atoms with Crippen LogP contribution in [0.1, 0.15) is 31.0 Å². The van der Waals surface area contributed by atoms with Crippen LogP contribution in [0, 0.1) is 6.92 Å². The van der Waals surface area contributed by atoms with Gasteiger partial charge in [-0.05, 0) is 37.5 Å². The van der Waals surface area contributed by atoms with Gasteiger partial charge in [0.25, 0.3) is 5.56 Å². The van der Waals surface area contributed by atoms with Crippen LogP contribution in [0.25, 0.3) is 11.0 Å². The first-order valence-electron chi connectivity index (χ1n) is 9.69. The lowest BCUT2D eigenvalue weighted by atomic mass is 10.2. The number of H-pyrrole nitrogens is 1. The molecule has 1 amide bonds. The topological polar surface area (TPSA) is 71.0 Å². The lowest BCUT2D eigenvalue weighted by Crippen LogP contribution is -2.31. The van der Waals surface area contributed by atoms with Crippen LogP contribution >= 0.6 is 11.8 Å². The fourth-order valence-corrected chi connectivity index (χ4v) is 4.54. The summed E-state index contributed by atoms with van der Waals surface area (Å²) in [6.07, 6.45) is 2.77. The molecule has 6 nitrogen and oxygen atoms in total. The van der Waals surface area contributed by atoms with Gasteiger partial charge in [0.05, 0.1) is 11.3 Å². The van der Waals surface area contributed by atoms with Crippen molar-refractivity contribution >= 4 is 34.4 Å². The Labute approximate surface area is 168 Å². The smallest absolute Gasteiger partial charge is 0.278 e. The van der Waals surface area contributed by atoms with Gasteiger partial charge in [-0.2, -0.15) is 0 Å². The predicted molar refractivity (Wildman–Crippen MR) is 113 cm³/mol. The van der Waals surface area contributed by atoms with Gasteiger partial charge in [-0.1, -0.05) is 43.3 Å². The first kappa shape index (κ1) is 18.8. The molecule has 28 heavy (non-hydrogen) atoms. The van der Waals surface area contributed by atoms with Crippen molar-refractivity contribution in [3.05, 3.63) is 51.9 Å². The number of hydrogen-bond acceptors (Lipinski definition) is 4. The second kappa shape index (κ2) is 7.83. The highest BCUT2D eigenvalue weighted by molar-refractivity contribution is 7.99. The van der Waals surface area contributed by atoms with E-state index >= 15 is 0 Å². The molecule has 7 heteroatoms. The average Bonchev–Trinajstić information content (AvgIpc) is 3.28. The minimum atomic E-state index is -0.0620. The van der Waals surface area contributed by atoms with Crippen molar-refractivity contribution in [2.45, 2.75) is 44.8 Å². The fraction of sp³-hybridized carbons (Fsp3) is 0.381. The first-order chi connectivity index (χ1) is 13.6. The van der Waals surface area contributed by atoms with Crippen LogP contribution in [0.3, 0.4) is 0 Å². The molecule has 146 valence electrons. The van der Waals surface area contributed by atoms with E-state index in [0.717, 1.165) is 30.6 Å². The Bertz CT molecular complexity index is 1090. The number of aromatic amines is 1. The standard InChI is InChI=1S/C21H24N4O2S/c1-3-4-10-25-20(27)19-16(12-14(2)22-19)23-21(25)28-13-18(26)24-11-9-15-7-5-6-8-17(15)24/h5-8,12,22H,3-4,9-11,13H2,1-2H3. The summed E-state index contributed by atoms with van der Waals surface area (Å²) >= 11 is 1.35. The number of carbonyl (C=O) groups excluding carboxylic acids is 1. The Kier molecular flexibility index (Phi) is 5.26. The van der Waals surface area contributed by atoms with Gasteiger partial charge in [0.1, 0.15) is 5.52 Å². The molecule has 1 aromatic carbocycles. The van der Waals surface area contributed by atoms with Gasteiger partial charge in [0.2, 0.25) is 5.91 Å². The predicted octanol–water partition coefficient (Wildman–Crippen LogP) is 3.51. The van der Waals surface area contributed by atoms with Crippen molar-refractivity contribution in [1.29, 1.82) is 0 Å². The molecule has 0 radical (unpaired) electrons. The molecule has 4 rings (SSSR count). The number of aryl methyl sites for hydroxylation is 1. The highest BCUT2D eigenvalue weighted by Crippen LogP contribution is 2.29. The molecule has 1 aliphatic heterocycles. The van der Waals surface area contributed by atoms with Crippen molar-refractivity contribution in [1.82, 2.24) is 14.5 Å². The fourth-order valence-electron chi connectivity index (χ4n) is 3.64. The van der Waals surface area contributed by atoms with E-state index in [-0.39, 0.29) is 17.2 Å². The largest absolute Gasteiger partial charge is 0.353 e. The summed E-state index contributed by atoms with van der Waals surface area (Å²) in [5.41, 5.74) is 4.26. The van der Waals surface area contributed by atoms with E-state index in [0.29, 0.717) is 29.3 Å². The SMILES string of the molecule is CCCCn1c(SCC(=O)N2CCc3ccccc32)nc2cc(C)[nH]c2c1=O. The van der Waals surface area contributed by atoms with Crippen LogP contribution in [0.2, 0.25) is 0 Å². The highest BCUT2D eigenvalue weighted by Gasteiger charge is 2.24. The van der Waals surface area contributed by atoms with Gasteiger partial charge in [0.15, 0.2) is 5.16 Å². The van der Waals surface area contributed by atoms with E-state index in [2.05, 4.69) is 23.0 Å². The molecule has 0 fully saturated rings. The number of carbonyl (C=O) groups is 1. The normalized spacial score (nSPS) is 13.3. The van der Waals surface area contributed by atoms with E-state index in [1.807, 2.05) is 36.1 Å². The van der Waals surface area contributed by atoms with Gasteiger partial charge < -0.3 is 9.88 Å². The second-order valence-electron chi connectivity index (χ2n) is 7.13. The molecule has 0 bridgehead atoms. The molecule has 3 heterocycles. The molecule has 0 atom stereocenters. The maximum Gasteiger partial charge on any atom is 0.278 e. The summed E-state index contributed by atoms with van der Waals surface area (Å²) in [6, 6.07) is 9.91. The zero-order valence-electron chi connectivity index (χ0n) is 16.2. The molecular formula is C21H24N4O2S. The Morgan fingerprint density at radius 2 is 2.14 bits per heavy atom. The van der Waals surface area contributed by atoms with E-state index in [1.165, 1.54) is 17.3 Å². The van der Waals surface area contributed by atoms with E-state index in [4.69, 9.17) is 0 Å². The number of para-hydroxylation sites is 1. The van der Waals surface area contributed by atoms with Crippen LogP contribution in [0.4, 0.5) is 5.69 Å². The van der Waals surface area contributed by atoms with Crippen LogP contribution < -0.4 is 10.5 Å². The minimum absolute atomic E-state index is 0.0524. The van der Waals surface area contributed by atoms with Crippen molar-refractivity contribution in [2.24, 2.45) is 0 Å². The summed E-state index contributed by atoms with van der Waals surface area (Å²) in [5.74, 6) is 0.318. The number of unbranched alkanes of at least 4 members (excludes halogenated alkanes) is 1. The van der Waals surface area contributed by atoms with Crippen LogP contribution in [0.5, 0.6) is 0 Å². The zero-order chi connectivity index (χ0) is 19.7. The zero-order valence-corrected chi connectivity index (χ0v) is 17.0. The number of benzene rings is 1. The molecule has 2 aromatic heterocycles. The van der Waals surface area contributed by atoms with E-state index < -0.39 is 0 Å². The molecule has 0 spiro atoms. The minimum Gasteiger partial charge on any atom is -0.353 e. The molecule has 1 N–H and O–H groups in total. The number of hydrogen-bond donors (Lipinski definition) is 1. The molecule has 0 saturated carbocycles. The van der Waals surface area contributed by atoms with Crippen molar-refractivity contribution in [2.75, 3.05) is 17.2 Å². The number of rotatable bonds is 6. The van der Waals surface area contributed by atoms with Crippen LogP contribution in [0.15, 0.2) is 40.3 Å². The molecule has 3 aromatic rings. The molecular weight excluding hydrogens is 372 g/mol. The number of nitrogens with one attached hydrogen (secondary N) is 1. The Morgan fingerprint density at radius 1 is 1.32 bits per heavy atom. The average molecular weight is 397 g/mol. The number of amides is 1. The van der Waals surface area contributed by atoms with Gasteiger partial charge in [0, 0.05) is 24.5 Å². The van der Waals surface area contributed by atoms with Gasteiger partial charge >= 0.3 is 0 Å². The third-order valence-corrected chi connectivity index (χ3v) is 6.05. The third kappa shape index (κ3) is 3.46. The third-order valence-electron chi connectivity index (χ3n) is 5.09. The number of anilines is 1. The number of aromatic nitrogens is 3. The lowest BCUT2D eigenvalue weighted by Gasteiger charge is -2.17. The van der Waals surface area contributed by atoms with Crippen LogP contribution in [-0.4, -0.2) is 32.7 Å². The van der Waals surface area contributed by atoms with Gasteiger partial charge in [-0.3, -0.25) is 14.2 Å². The monoisotopic (exact) mass is 396 g/mol. The van der Waals surface area contributed by atoms with Crippen molar-refractivity contribution < 1.29 is 4.79 Å². The van der Waals surface area contributed by atoms with Crippen molar-refractivity contribution in [3.8, 4) is 0 Å². The molecule has 0 unspecified atom stereocenters. The highest BCUT2D eigenvalue weighted by atomic mass is 32.2. The van der Waals surface area contributed by atoms with E-state index in [1.54, 1.807) is 4.57 Å². The number of nitrogens with zero attached hydrogens (tertiary/aromatic N) is 3. The molecule has 1 aliphatic rings. The summed E-state index contributed by atoms with van der Waals surface area (Å²) < 4.78 is 1.71. The maximum atomic E-state index is 12.9. The quantitative estimate of drug-likeness (QED) is 0.511. The van der Waals surface area contributed by atoms with Gasteiger partial charge in [-0.25, -0.2) is 4.98 Å². The summed E-state index contributed by atoms with van der Waals surface area (Å²) in [7, 11) is 0. The number of thioether (sulfide) groups is 1. The summed E-state index contributed by atoms with van der Waals surface area (Å²) in [6.45, 7) is 5.33. The van der Waals surface area contributed by atoms with Crippen molar-refractivity contribution in [3.63, 3.8) is 0 Å². The van der Waals surface area contributed by atoms with E-state index in [9.17, 15) is 9.59 Å². The van der Waals surface area contributed by atoms with Gasteiger partial charge in [-0.15, -0.1) is 0 Å². The Hall–Kier alpha value is -2.54.